The SMILES string of the molecule is COc1ccc(OC)c(C(=O)NC(C)(C)CCCl)c1. The van der Waals surface area contributed by atoms with Gasteiger partial charge in [0.25, 0.3) is 5.91 Å². The van der Waals surface area contributed by atoms with E-state index in [0.717, 1.165) is 0 Å². The van der Waals surface area contributed by atoms with E-state index in [9.17, 15) is 4.79 Å². The molecule has 4 nitrogen and oxygen atoms in total. The number of halogens is 1. The number of carbonyl (C=O) groups is 1. The van der Waals surface area contributed by atoms with Crippen LogP contribution in [0.1, 0.15) is 30.6 Å². The highest BCUT2D eigenvalue weighted by atomic mass is 35.5. The molecule has 1 rings (SSSR count). The molecule has 19 heavy (non-hydrogen) atoms. The first-order valence-electron chi connectivity index (χ1n) is 6.04. The van der Waals surface area contributed by atoms with Gasteiger partial charge in [-0.3, -0.25) is 4.79 Å². The number of rotatable bonds is 6. The summed E-state index contributed by atoms with van der Waals surface area (Å²) < 4.78 is 10.3. The second kappa shape index (κ2) is 6.66. The molecule has 0 radical (unpaired) electrons. The predicted molar refractivity (Wildman–Crippen MR) is 76.4 cm³/mol. The first-order chi connectivity index (χ1) is 8.93. The Kier molecular flexibility index (Phi) is 5.48. The van der Waals surface area contributed by atoms with Crippen molar-refractivity contribution in [2.45, 2.75) is 25.8 Å². The van der Waals surface area contributed by atoms with Crippen LogP contribution in [0.2, 0.25) is 0 Å². The third kappa shape index (κ3) is 4.31. The molecule has 1 aromatic rings. The molecule has 0 aliphatic rings. The van der Waals surface area contributed by atoms with Gasteiger partial charge < -0.3 is 14.8 Å². The van der Waals surface area contributed by atoms with Crippen LogP contribution < -0.4 is 14.8 Å². The number of hydrogen-bond acceptors (Lipinski definition) is 3. The summed E-state index contributed by atoms with van der Waals surface area (Å²) in [5.74, 6) is 1.41. The van der Waals surface area contributed by atoms with Crippen LogP contribution in [0.5, 0.6) is 11.5 Å². The van der Waals surface area contributed by atoms with Crippen molar-refractivity contribution in [2.24, 2.45) is 0 Å². The van der Waals surface area contributed by atoms with Crippen LogP contribution in [0.3, 0.4) is 0 Å². The zero-order valence-electron chi connectivity index (χ0n) is 11.7. The van der Waals surface area contributed by atoms with Crippen molar-refractivity contribution in [2.75, 3.05) is 20.1 Å². The molecular formula is C14H20ClNO3. The minimum Gasteiger partial charge on any atom is -0.497 e. The number of benzene rings is 1. The topological polar surface area (TPSA) is 47.6 Å². The van der Waals surface area contributed by atoms with E-state index in [1.165, 1.54) is 7.11 Å². The van der Waals surface area contributed by atoms with E-state index >= 15 is 0 Å². The molecule has 1 N–H and O–H groups in total. The fraction of sp³-hybridized carbons (Fsp3) is 0.500. The Balaban J connectivity index is 2.97. The molecule has 0 bridgehead atoms. The van der Waals surface area contributed by atoms with Crippen LogP contribution in [-0.2, 0) is 0 Å². The summed E-state index contributed by atoms with van der Waals surface area (Å²) in [5.41, 5.74) is 0.0805. The number of hydrogen-bond donors (Lipinski definition) is 1. The van der Waals surface area contributed by atoms with Crippen molar-refractivity contribution in [3.8, 4) is 11.5 Å². The van der Waals surface area contributed by atoms with Crippen molar-refractivity contribution in [3.05, 3.63) is 23.8 Å². The van der Waals surface area contributed by atoms with E-state index in [0.29, 0.717) is 29.4 Å². The van der Waals surface area contributed by atoms with Gasteiger partial charge in [0, 0.05) is 11.4 Å². The first-order valence-corrected chi connectivity index (χ1v) is 6.57. The van der Waals surface area contributed by atoms with E-state index in [1.807, 2.05) is 13.8 Å². The maximum absolute atomic E-state index is 12.3. The number of carbonyl (C=O) groups excluding carboxylic acids is 1. The zero-order valence-corrected chi connectivity index (χ0v) is 12.5. The third-order valence-electron chi connectivity index (χ3n) is 2.82. The number of alkyl halides is 1. The lowest BCUT2D eigenvalue weighted by Gasteiger charge is -2.25. The van der Waals surface area contributed by atoms with Crippen LogP contribution in [0, 0.1) is 0 Å². The number of ether oxygens (including phenoxy) is 2. The third-order valence-corrected chi connectivity index (χ3v) is 3.01. The molecule has 0 aromatic heterocycles. The maximum Gasteiger partial charge on any atom is 0.255 e. The van der Waals surface area contributed by atoms with E-state index in [2.05, 4.69) is 5.32 Å². The highest BCUT2D eigenvalue weighted by molar-refractivity contribution is 6.17. The van der Waals surface area contributed by atoms with Gasteiger partial charge in [-0.05, 0) is 38.5 Å². The summed E-state index contributed by atoms with van der Waals surface area (Å²) in [6.07, 6.45) is 0.687. The van der Waals surface area contributed by atoms with Crippen LogP contribution in [-0.4, -0.2) is 31.5 Å². The van der Waals surface area contributed by atoms with Crippen LogP contribution in [0.4, 0.5) is 0 Å². The van der Waals surface area contributed by atoms with E-state index in [1.54, 1.807) is 25.3 Å². The molecule has 1 amide bonds. The average molecular weight is 286 g/mol. The fourth-order valence-corrected chi connectivity index (χ4v) is 2.14. The Bertz CT molecular complexity index is 446. The number of nitrogens with one attached hydrogen (secondary N) is 1. The Morgan fingerprint density at radius 1 is 1.32 bits per heavy atom. The Hall–Kier alpha value is -1.42. The van der Waals surface area contributed by atoms with Crippen LogP contribution in [0.25, 0.3) is 0 Å². The molecule has 0 aliphatic heterocycles. The lowest BCUT2D eigenvalue weighted by Crippen LogP contribution is -2.43. The summed E-state index contributed by atoms with van der Waals surface area (Å²) >= 11 is 5.73. The fourth-order valence-electron chi connectivity index (χ4n) is 1.66. The van der Waals surface area contributed by atoms with Crippen molar-refractivity contribution < 1.29 is 14.3 Å². The molecule has 0 unspecified atom stereocenters. The van der Waals surface area contributed by atoms with Crippen LogP contribution in [0.15, 0.2) is 18.2 Å². The van der Waals surface area contributed by atoms with E-state index < -0.39 is 0 Å². The van der Waals surface area contributed by atoms with Gasteiger partial charge in [-0.15, -0.1) is 11.6 Å². The molecule has 0 heterocycles. The van der Waals surface area contributed by atoms with E-state index in [4.69, 9.17) is 21.1 Å². The normalized spacial score (nSPS) is 11.0. The molecule has 0 saturated heterocycles. The predicted octanol–water partition coefficient (Wildman–Crippen LogP) is 2.84. The summed E-state index contributed by atoms with van der Waals surface area (Å²) in [5, 5.41) is 2.94. The summed E-state index contributed by atoms with van der Waals surface area (Å²) in [7, 11) is 3.09. The Morgan fingerprint density at radius 2 is 2.00 bits per heavy atom. The monoisotopic (exact) mass is 285 g/mol. The summed E-state index contributed by atoms with van der Waals surface area (Å²) in [4.78, 5) is 12.3. The van der Waals surface area contributed by atoms with Crippen molar-refractivity contribution >= 4 is 17.5 Å². The van der Waals surface area contributed by atoms with Gasteiger partial charge in [0.05, 0.1) is 19.8 Å². The smallest absolute Gasteiger partial charge is 0.255 e. The van der Waals surface area contributed by atoms with Crippen molar-refractivity contribution in [3.63, 3.8) is 0 Å². The number of amides is 1. The highest BCUT2D eigenvalue weighted by Crippen LogP contribution is 2.24. The molecule has 0 saturated carbocycles. The average Bonchev–Trinajstić information content (AvgIpc) is 2.37. The van der Waals surface area contributed by atoms with Crippen molar-refractivity contribution in [1.29, 1.82) is 0 Å². The van der Waals surface area contributed by atoms with Gasteiger partial charge >= 0.3 is 0 Å². The summed E-state index contributed by atoms with van der Waals surface area (Å²) in [6, 6.07) is 5.12. The van der Waals surface area contributed by atoms with Gasteiger partial charge in [-0.2, -0.15) is 0 Å². The molecule has 0 aliphatic carbocycles. The van der Waals surface area contributed by atoms with E-state index in [-0.39, 0.29) is 11.4 Å². The van der Waals surface area contributed by atoms with Crippen LogP contribution >= 0.6 is 11.6 Å². The molecule has 0 spiro atoms. The molecule has 0 atom stereocenters. The quantitative estimate of drug-likeness (QED) is 0.818. The lowest BCUT2D eigenvalue weighted by molar-refractivity contribution is 0.0908. The Morgan fingerprint density at radius 3 is 2.53 bits per heavy atom. The molecule has 5 heteroatoms. The second-order valence-electron chi connectivity index (χ2n) is 4.84. The minimum absolute atomic E-state index is 0.203. The standard InChI is InChI=1S/C14H20ClNO3/c1-14(2,7-8-15)16-13(17)11-9-10(18-3)5-6-12(11)19-4/h5-6,9H,7-8H2,1-4H3,(H,16,17). The highest BCUT2D eigenvalue weighted by Gasteiger charge is 2.22. The van der Waals surface area contributed by atoms with Gasteiger partial charge in [0.1, 0.15) is 11.5 Å². The molecule has 1 aromatic carbocycles. The molecular weight excluding hydrogens is 266 g/mol. The van der Waals surface area contributed by atoms with Gasteiger partial charge in [-0.1, -0.05) is 0 Å². The molecule has 0 fully saturated rings. The second-order valence-corrected chi connectivity index (χ2v) is 5.22. The lowest BCUT2D eigenvalue weighted by atomic mass is 10.0. The molecule has 106 valence electrons. The minimum atomic E-state index is -0.368. The first kappa shape index (κ1) is 15.6. The van der Waals surface area contributed by atoms with Gasteiger partial charge in [0.15, 0.2) is 0 Å². The van der Waals surface area contributed by atoms with Crippen molar-refractivity contribution in [1.82, 2.24) is 5.32 Å². The van der Waals surface area contributed by atoms with Gasteiger partial charge in [-0.25, -0.2) is 0 Å². The largest absolute Gasteiger partial charge is 0.497 e. The zero-order chi connectivity index (χ0) is 14.5. The van der Waals surface area contributed by atoms with Gasteiger partial charge in [0.2, 0.25) is 0 Å². The maximum atomic E-state index is 12.3. The Labute approximate surface area is 119 Å². The number of methoxy groups -OCH3 is 2. The summed E-state index contributed by atoms with van der Waals surface area (Å²) in [6.45, 7) is 3.86.